The van der Waals surface area contributed by atoms with Crippen LogP contribution in [-0.4, -0.2) is 45.3 Å². The van der Waals surface area contributed by atoms with Crippen LogP contribution in [0.4, 0.5) is 5.69 Å². The van der Waals surface area contributed by atoms with Crippen LogP contribution in [0.25, 0.3) is 28.1 Å². The van der Waals surface area contributed by atoms with E-state index in [1.165, 1.54) is 27.2 Å². The number of benzene rings is 3. The molecular weight excluding hydrogens is 500 g/mol. The van der Waals surface area contributed by atoms with Gasteiger partial charge in [-0.2, -0.15) is 0 Å². The van der Waals surface area contributed by atoms with Gasteiger partial charge in [0.15, 0.2) is 23.0 Å². The van der Waals surface area contributed by atoms with E-state index in [9.17, 15) is 9.59 Å². The van der Waals surface area contributed by atoms with Gasteiger partial charge < -0.3 is 29.0 Å². The number of esters is 1. The van der Waals surface area contributed by atoms with Crippen LogP contribution in [0.5, 0.6) is 28.7 Å². The predicted molar refractivity (Wildman–Crippen MR) is 149 cm³/mol. The summed E-state index contributed by atoms with van der Waals surface area (Å²) in [4.78, 5) is 29.1. The van der Waals surface area contributed by atoms with Gasteiger partial charge in [-0.25, -0.2) is 0 Å². The molecule has 0 spiro atoms. The minimum Gasteiger partial charge on any atom is -0.493 e. The van der Waals surface area contributed by atoms with Crippen LogP contribution in [-0.2, 0) is 9.59 Å². The van der Waals surface area contributed by atoms with Gasteiger partial charge in [0.25, 0.3) is 0 Å². The minimum absolute atomic E-state index is 0.163. The molecule has 4 aromatic rings. The Bertz CT molecular complexity index is 1520. The average Bonchev–Trinajstić information content (AvgIpc) is 2.95. The molecule has 0 bridgehead atoms. The van der Waals surface area contributed by atoms with Crippen LogP contribution >= 0.6 is 0 Å². The first-order valence-corrected chi connectivity index (χ1v) is 11.9. The zero-order chi connectivity index (χ0) is 27.9. The fraction of sp³-hybridized carbons (Fsp3) is 0.167. The number of carbonyl (C=O) groups is 2. The van der Waals surface area contributed by atoms with Crippen LogP contribution in [0.2, 0.25) is 0 Å². The monoisotopic (exact) mass is 528 g/mol. The predicted octanol–water partition coefficient (Wildman–Crippen LogP) is 5.51. The number of ether oxygens (including phenoxy) is 5. The van der Waals surface area contributed by atoms with Crippen LogP contribution in [0.1, 0.15) is 12.5 Å². The molecule has 0 saturated heterocycles. The van der Waals surface area contributed by atoms with Crippen molar-refractivity contribution in [1.82, 2.24) is 4.98 Å². The molecule has 0 radical (unpaired) electrons. The second kappa shape index (κ2) is 12.0. The second-order valence-electron chi connectivity index (χ2n) is 8.31. The van der Waals surface area contributed by atoms with E-state index >= 15 is 0 Å². The number of aromatic nitrogens is 1. The Balaban J connectivity index is 1.71. The van der Waals surface area contributed by atoms with E-state index in [4.69, 9.17) is 23.7 Å². The number of pyridine rings is 1. The van der Waals surface area contributed by atoms with Gasteiger partial charge in [0.2, 0.25) is 11.7 Å². The van der Waals surface area contributed by atoms with Crippen molar-refractivity contribution in [1.29, 1.82) is 0 Å². The third kappa shape index (κ3) is 5.93. The molecule has 200 valence electrons. The Morgan fingerprint density at radius 1 is 0.821 bits per heavy atom. The molecule has 9 nitrogen and oxygen atoms in total. The highest BCUT2D eigenvalue weighted by Crippen LogP contribution is 2.41. The largest absolute Gasteiger partial charge is 0.493 e. The van der Waals surface area contributed by atoms with Crippen LogP contribution in [0.3, 0.4) is 0 Å². The number of nitrogens with zero attached hydrogens (tertiary/aromatic N) is 1. The van der Waals surface area contributed by atoms with Crippen molar-refractivity contribution >= 4 is 34.5 Å². The van der Waals surface area contributed by atoms with Crippen LogP contribution < -0.4 is 29.0 Å². The lowest BCUT2D eigenvalue weighted by Gasteiger charge is -2.16. The number of fused-ring (bicyclic) bond motifs is 1. The average molecular weight is 529 g/mol. The number of rotatable bonds is 9. The van der Waals surface area contributed by atoms with E-state index in [0.29, 0.717) is 39.8 Å². The molecule has 0 aliphatic carbocycles. The molecular formula is C30H28N2O7. The summed E-state index contributed by atoms with van der Waals surface area (Å²) in [5, 5.41) is 3.73. The zero-order valence-corrected chi connectivity index (χ0v) is 22.2. The van der Waals surface area contributed by atoms with Gasteiger partial charge in [0.05, 0.1) is 45.8 Å². The maximum Gasteiger partial charge on any atom is 0.308 e. The van der Waals surface area contributed by atoms with Gasteiger partial charge in [-0.05, 0) is 35.4 Å². The van der Waals surface area contributed by atoms with E-state index in [1.54, 1.807) is 44.7 Å². The minimum atomic E-state index is -0.511. The summed E-state index contributed by atoms with van der Waals surface area (Å²) in [7, 11) is 6.03. The summed E-state index contributed by atoms with van der Waals surface area (Å²) in [5.41, 5.74) is 3.50. The van der Waals surface area contributed by atoms with Gasteiger partial charge in [-0.15, -0.1) is 0 Å². The molecule has 0 atom stereocenters. The molecule has 4 rings (SSSR count). The third-order valence-electron chi connectivity index (χ3n) is 5.85. The first-order valence-electron chi connectivity index (χ1n) is 11.9. The number of hydrogen-bond donors (Lipinski definition) is 1. The Morgan fingerprint density at radius 3 is 2.03 bits per heavy atom. The molecule has 1 heterocycles. The normalized spacial score (nSPS) is 10.8. The Hall–Kier alpha value is -5.05. The van der Waals surface area contributed by atoms with E-state index in [0.717, 1.165) is 16.5 Å². The Morgan fingerprint density at radius 2 is 1.44 bits per heavy atom. The fourth-order valence-corrected chi connectivity index (χ4v) is 4.12. The zero-order valence-electron chi connectivity index (χ0n) is 22.2. The molecule has 39 heavy (non-hydrogen) atoms. The van der Waals surface area contributed by atoms with Gasteiger partial charge >= 0.3 is 5.97 Å². The number of amides is 1. The van der Waals surface area contributed by atoms with Gasteiger partial charge in [0.1, 0.15) is 0 Å². The van der Waals surface area contributed by atoms with E-state index in [1.807, 2.05) is 36.4 Å². The summed E-state index contributed by atoms with van der Waals surface area (Å²) in [5.74, 6) is 0.961. The van der Waals surface area contributed by atoms with E-state index in [2.05, 4.69) is 10.3 Å². The summed E-state index contributed by atoms with van der Waals surface area (Å²) in [6.07, 6.45) is 4.60. The summed E-state index contributed by atoms with van der Waals surface area (Å²) in [6.45, 7) is 1.29. The van der Waals surface area contributed by atoms with Crippen LogP contribution in [0, 0.1) is 0 Å². The highest BCUT2D eigenvalue weighted by molar-refractivity contribution is 6.09. The Labute approximate surface area is 225 Å². The van der Waals surface area contributed by atoms with Crippen molar-refractivity contribution in [3.63, 3.8) is 0 Å². The lowest BCUT2D eigenvalue weighted by Crippen LogP contribution is -2.09. The first-order chi connectivity index (χ1) is 18.9. The number of hydrogen-bond acceptors (Lipinski definition) is 8. The quantitative estimate of drug-likeness (QED) is 0.172. The van der Waals surface area contributed by atoms with Gasteiger partial charge in [0, 0.05) is 30.0 Å². The van der Waals surface area contributed by atoms with Crippen LogP contribution in [0.15, 0.2) is 66.9 Å². The van der Waals surface area contributed by atoms with Gasteiger partial charge in [-0.3, -0.25) is 14.6 Å². The molecule has 0 saturated carbocycles. The fourth-order valence-electron chi connectivity index (χ4n) is 4.12. The van der Waals surface area contributed by atoms with Gasteiger partial charge in [-0.1, -0.05) is 30.3 Å². The topological polar surface area (TPSA) is 105 Å². The molecule has 9 heteroatoms. The summed E-state index contributed by atoms with van der Waals surface area (Å²) < 4.78 is 26.9. The number of nitrogens with one attached hydrogen (secondary N) is 1. The number of methoxy groups -OCH3 is 4. The molecule has 1 amide bonds. The van der Waals surface area contributed by atoms with Crippen molar-refractivity contribution in [3.8, 4) is 39.9 Å². The molecule has 1 aromatic heterocycles. The number of anilines is 1. The standard InChI is InChI=1S/C30H28N2O7/c1-18(33)39-30-26(37-4)13-19(14-27(30)38-5)11-12-28(34)32-23-17-31-22-16-25(36-3)24(35-2)15-21(22)29(23)20-9-7-6-8-10-20/h6-17H,1-5H3,(H,32,34)/b12-11+. The van der Waals surface area contributed by atoms with E-state index < -0.39 is 5.97 Å². The smallest absolute Gasteiger partial charge is 0.308 e. The van der Waals surface area contributed by atoms with Crippen molar-refractivity contribution in [3.05, 3.63) is 72.4 Å². The number of carbonyl (C=O) groups excluding carboxylic acids is 2. The first kappa shape index (κ1) is 27.0. The molecule has 0 aliphatic heterocycles. The Kier molecular flexibility index (Phi) is 8.30. The summed E-state index contributed by atoms with van der Waals surface area (Å²) >= 11 is 0. The maximum atomic E-state index is 13.0. The van der Waals surface area contributed by atoms with Crippen molar-refractivity contribution < 1.29 is 33.3 Å². The molecule has 0 aliphatic rings. The highest BCUT2D eigenvalue weighted by Gasteiger charge is 2.17. The van der Waals surface area contributed by atoms with Crippen molar-refractivity contribution in [2.75, 3.05) is 33.8 Å². The van der Waals surface area contributed by atoms with Crippen molar-refractivity contribution in [2.24, 2.45) is 0 Å². The summed E-state index contributed by atoms with van der Waals surface area (Å²) in [6, 6.07) is 16.6. The molecule has 0 fully saturated rings. The lowest BCUT2D eigenvalue weighted by atomic mass is 9.99. The maximum absolute atomic E-state index is 13.0. The highest BCUT2D eigenvalue weighted by atomic mass is 16.6. The molecule has 3 aromatic carbocycles. The lowest BCUT2D eigenvalue weighted by molar-refractivity contribution is -0.132. The van der Waals surface area contributed by atoms with E-state index in [-0.39, 0.29) is 11.7 Å². The molecule has 0 unspecified atom stereocenters. The van der Waals surface area contributed by atoms with Crippen molar-refractivity contribution in [2.45, 2.75) is 6.92 Å². The molecule has 1 N–H and O–H groups in total. The second-order valence-corrected chi connectivity index (χ2v) is 8.31. The SMILES string of the molecule is COc1cc2ncc(NC(=O)/C=C/c3cc(OC)c(OC(C)=O)c(OC)c3)c(-c3ccccc3)c2cc1OC. The third-order valence-corrected chi connectivity index (χ3v) is 5.85.